The van der Waals surface area contributed by atoms with Gasteiger partial charge in [-0.25, -0.2) is 0 Å². The van der Waals surface area contributed by atoms with E-state index in [0.29, 0.717) is 0 Å². The second kappa shape index (κ2) is 6.76. The van der Waals surface area contributed by atoms with Crippen LogP contribution in [-0.2, 0) is 4.79 Å². The molecule has 0 aromatic heterocycles. The highest BCUT2D eigenvalue weighted by Crippen LogP contribution is 2.33. The maximum atomic E-state index is 13.3. The van der Waals surface area contributed by atoms with E-state index in [2.05, 4.69) is 48.5 Å². The number of rotatable bonds is 4. The second-order valence-electron chi connectivity index (χ2n) is 6.98. The Kier molecular flexibility index (Phi) is 4.30. The standard InChI is InChI=1S/C25H22O/c1-17(21-15-7-11-19-9-3-5-13-23(19)21)25(26)18(2)22-16-8-12-20-10-4-6-14-24(20)22/h3-18H,1-2H3. The van der Waals surface area contributed by atoms with Crippen molar-refractivity contribution in [3.05, 3.63) is 96.1 Å². The highest BCUT2D eigenvalue weighted by atomic mass is 16.1. The van der Waals surface area contributed by atoms with E-state index in [0.717, 1.165) is 11.1 Å². The van der Waals surface area contributed by atoms with Crippen molar-refractivity contribution < 1.29 is 4.79 Å². The van der Waals surface area contributed by atoms with E-state index < -0.39 is 0 Å². The Bertz CT molecular complexity index is 995. The van der Waals surface area contributed by atoms with Crippen LogP contribution in [0.2, 0.25) is 0 Å². The fraction of sp³-hybridized carbons (Fsp3) is 0.160. The molecule has 0 bridgehead atoms. The van der Waals surface area contributed by atoms with Crippen LogP contribution < -0.4 is 0 Å². The molecule has 2 atom stereocenters. The minimum Gasteiger partial charge on any atom is -0.298 e. The fourth-order valence-electron chi connectivity index (χ4n) is 3.94. The predicted octanol–water partition coefficient (Wildman–Crippen LogP) is 6.47. The largest absolute Gasteiger partial charge is 0.298 e. The van der Waals surface area contributed by atoms with Crippen LogP contribution in [0.25, 0.3) is 21.5 Å². The number of hydrogen-bond acceptors (Lipinski definition) is 1. The van der Waals surface area contributed by atoms with Crippen molar-refractivity contribution in [2.75, 3.05) is 0 Å². The molecule has 4 rings (SSSR count). The summed E-state index contributed by atoms with van der Waals surface area (Å²) >= 11 is 0. The lowest BCUT2D eigenvalue weighted by molar-refractivity contribution is -0.121. The van der Waals surface area contributed by atoms with Crippen molar-refractivity contribution in [3.8, 4) is 0 Å². The van der Waals surface area contributed by atoms with Crippen molar-refractivity contribution in [2.24, 2.45) is 0 Å². The van der Waals surface area contributed by atoms with Gasteiger partial charge in [0.15, 0.2) is 0 Å². The summed E-state index contributed by atoms with van der Waals surface area (Å²) in [5.41, 5.74) is 2.22. The number of ketones is 1. The molecule has 0 heterocycles. The molecule has 4 aromatic carbocycles. The van der Waals surface area contributed by atoms with Crippen molar-refractivity contribution >= 4 is 27.3 Å². The van der Waals surface area contributed by atoms with Gasteiger partial charge in [0, 0.05) is 11.8 Å². The summed E-state index contributed by atoms with van der Waals surface area (Å²) in [5, 5.41) is 4.70. The summed E-state index contributed by atoms with van der Waals surface area (Å²) in [6.07, 6.45) is 0. The third-order valence-electron chi connectivity index (χ3n) is 5.43. The van der Waals surface area contributed by atoms with Gasteiger partial charge in [-0.1, -0.05) is 98.8 Å². The number of hydrogen-bond donors (Lipinski definition) is 0. The number of carbonyl (C=O) groups is 1. The maximum Gasteiger partial charge on any atom is 0.147 e. The molecule has 0 aliphatic rings. The van der Waals surface area contributed by atoms with Crippen molar-refractivity contribution in [1.82, 2.24) is 0 Å². The Morgan fingerprint density at radius 3 is 1.42 bits per heavy atom. The Hall–Kier alpha value is -2.93. The molecule has 0 aliphatic carbocycles. The number of Topliss-reactive ketones (excluding diaryl/α,β-unsaturated/α-hetero) is 1. The molecule has 0 radical (unpaired) electrons. The molecule has 1 heteroatoms. The van der Waals surface area contributed by atoms with Crippen LogP contribution in [0, 0.1) is 0 Å². The molecule has 0 saturated carbocycles. The van der Waals surface area contributed by atoms with Gasteiger partial charge in [-0.2, -0.15) is 0 Å². The van der Waals surface area contributed by atoms with Crippen LogP contribution in [0.5, 0.6) is 0 Å². The molecule has 2 unspecified atom stereocenters. The van der Waals surface area contributed by atoms with Gasteiger partial charge in [0.05, 0.1) is 0 Å². The van der Waals surface area contributed by atoms with E-state index in [1.807, 2.05) is 50.2 Å². The average molecular weight is 338 g/mol. The zero-order chi connectivity index (χ0) is 18.1. The number of benzene rings is 4. The summed E-state index contributed by atoms with van der Waals surface area (Å²) < 4.78 is 0. The normalized spacial score (nSPS) is 13.6. The van der Waals surface area contributed by atoms with Gasteiger partial charge in [0.2, 0.25) is 0 Å². The Balaban J connectivity index is 1.74. The van der Waals surface area contributed by atoms with Crippen molar-refractivity contribution in [3.63, 3.8) is 0 Å². The molecule has 0 amide bonds. The highest BCUT2D eigenvalue weighted by Gasteiger charge is 2.25. The molecule has 26 heavy (non-hydrogen) atoms. The van der Waals surface area contributed by atoms with Crippen LogP contribution >= 0.6 is 0 Å². The fourth-order valence-corrected chi connectivity index (χ4v) is 3.94. The summed E-state index contributed by atoms with van der Waals surface area (Å²) in [5.74, 6) is -0.0251. The van der Waals surface area contributed by atoms with Crippen LogP contribution in [-0.4, -0.2) is 5.78 Å². The molecule has 0 aliphatic heterocycles. The van der Waals surface area contributed by atoms with E-state index in [-0.39, 0.29) is 17.6 Å². The summed E-state index contributed by atoms with van der Waals surface area (Å²) in [7, 11) is 0. The minimum absolute atomic E-state index is 0.143. The van der Waals surface area contributed by atoms with E-state index in [9.17, 15) is 4.79 Å². The van der Waals surface area contributed by atoms with Gasteiger partial charge in [-0.3, -0.25) is 4.79 Å². The molecular weight excluding hydrogens is 316 g/mol. The molecule has 0 spiro atoms. The van der Waals surface area contributed by atoms with E-state index >= 15 is 0 Å². The quantitative estimate of drug-likeness (QED) is 0.417. The third-order valence-corrected chi connectivity index (χ3v) is 5.43. The van der Waals surface area contributed by atoms with Crippen molar-refractivity contribution in [2.45, 2.75) is 25.7 Å². The predicted molar refractivity (Wildman–Crippen MR) is 110 cm³/mol. The minimum atomic E-state index is -0.143. The Morgan fingerprint density at radius 1 is 0.577 bits per heavy atom. The first-order valence-electron chi connectivity index (χ1n) is 9.16. The SMILES string of the molecule is CC(C(=O)C(C)c1cccc2ccccc12)c1cccc2ccccc12. The maximum absolute atomic E-state index is 13.3. The van der Waals surface area contributed by atoms with Gasteiger partial charge in [0.25, 0.3) is 0 Å². The van der Waals surface area contributed by atoms with Crippen LogP contribution in [0.4, 0.5) is 0 Å². The summed E-state index contributed by atoms with van der Waals surface area (Å²) in [6.45, 7) is 4.07. The molecule has 0 fully saturated rings. The van der Waals surface area contributed by atoms with Gasteiger partial charge in [-0.15, -0.1) is 0 Å². The highest BCUT2D eigenvalue weighted by molar-refractivity contribution is 5.99. The number of fused-ring (bicyclic) bond motifs is 2. The molecule has 128 valence electrons. The Morgan fingerprint density at radius 2 is 0.962 bits per heavy atom. The summed E-state index contributed by atoms with van der Waals surface area (Å²) in [4.78, 5) is 13.3. The molecule has 0 N–H and O–H groups in total. The summed E-state index contributed by atoms with van der Waals surface area (Å²) in [6, 6.07) is 29.0. The lowest BCUT2D eigenvalue weighted by Crippen LogP contribution is -2.17. The molecule has 4 aromatic rings. The monoisotopic (exact) mass is 338 g/mol. The Labute approximate surface area is 154 Å². The first-order valence-corrected chi connectivity index (χ1v) is 9.16. The van der Waals surface area contributed by atoms with Gasteiger partial charge < -0.3 is 0 Å². The average Bonchev–Trinajstić information content (AvgIpc) is 2.71. The smallest absolute Gasteiger partial charge is 0.147 e. The lowest BCUT2D eigenvalue weighted by atomic mass is 9.82. The van der Waals surface area contributed by atoms with Gasteiger partial charge >= 0.3 is 0 Å². The first kappa shape index (κ1) is 16.5. The van der Waals surface area contributed by atoms with Crippen LogP contribution in [0.15, 0.2) is 84.9 Å². The van der Waals surface area contributed by atoms with E-state index in [1.54, 1.807) is 0 Å². The van der Waals surface area contributed by atoms with Gasteiger partial charge in [0.1, 0.15) is 5.78 Å². The number of carbonyl (C=O) groups excluding carboxylic acids is 1. The van der Waals surface area contributed by atoms with E-state index in [1.165, 1.54) is 21.5 Å². The van der Waals surface area contributed by atoms with Crippen LogP contribution in [0.3, 0.4) is 0 Å². The first-order chi connectivity index (χ1) is 12.7. The van der Waals surface area contributed by atoms with Gasteiger partial charge in [-0.05, 0) is 32.7 Å². The zero-order valence-corrected chi connectivity index (χ0v) is 15.1. The van der Waals surface area contributed by atoms with Crippen LogP contribution in [0.1, 0.15) is 36.8 Å². The zero-order valence-electron chi connectivity index (χ0n) is 15.1. The molecular formula is C25H22O. The molecule has 1 nitrogen and oxygen atoms in total. The third kappa shape index (κ3) is 2.80. The topological polar surface area (TPSA) is 17.1 Å². The molecule has 0 saturated heterocycles. The van der Waals surface area contributed by atoms with Crippen molar-refractivity contribution in [1.29, 1.82) is 0 Å². The van der Waals surface area contributed by atoms with E-state index in [4.69, 9.17) is 0 Å². The lowest BCUT2D eigenvalue weighted by Gasteiger charge is -2.20. The second-order valence-corrected chi connectivity index (χ2v) is 6.98.